The van der Waals surface area contributed by atoms with Crippen molar-refractivity contribution in [3.63, 3.8) is 0 Å². The second-order valence-corrected chi connectivity index (χ2v) is 7.65. The summed E-state index contributed by atoms with van der Waals surface area (Å²) in [6.45, 7) is 2.02. The first-order valence-corrected chi connectivity index (χ1v) is 10.1. The predicted molar refractivity (Wildman–Crippen MR) is 117 cm³/mol. The maximum Gasteiger partial charge on any atom is 0.229 e. The SMILES string of the molecule is Clc1cc(Cl)cc(Nc2ncc(-c3ccccc3)c(NC3CCNCC3)n2)c1. The van der Waals surface area contributed by atoms with Crippen molar-refractivity contribution in [3.8, 4) is 11.1 Å². The van der Waals surface area contributed by atoms with Crippen molar-refractivity contribution >= 4 is 40.7 Å². The number of aromatic nitrogens is 2. The Bertz CT molecular complexity index is 923. The highest BCUT2D eigenvalue weighted by Crippen LogP contribution is 2.29. The van der Waals surface area contributed by atoms with E-state index in [1.807, 2.05) is 24.4 Å². The second-order valence-electron chi connectivity index (χ2n) is 6.77. The maximum absolute atomic E-state index is 6.10. The molecule has 0 radical (unpaired) electrons. The summed E-state index contributed by atoms with van der Waals surface area (Å²) in [5.41, 5.74) is 2.81. The van der Waals surface area contributed by atoms with Crippen molar-refractivity contribution in [2.45, 2.75) is 18.9 Å². The largest absolute Gasteiger partial charge is 0.367 e. The molecule has 7 heteroatoms. The molecular formula is C21H21Cl2N5. The van der Waals surface area contributed by atoms with Crippen LogP contribution in [-0.4, -0.2) is 29.1 Å². The summed E-state index contributed by atoms with van der Waals surface area (Å²) in [6.07, 6.45) is 3.97. The standard InChI is InChI=1S/C21H21Cl2N5/c22-15-10-16(23)12-18(11-15)27-21-25-13-19(14-4-2-1-3-5-14)20(28-21)26-17-6-8-24-9-7-17/h1-5,10-13,17,24H,6-9H2,(H2,25,26,27,28). The molecule has 5 nitrogen and oxygen atoms in total. The number of benzene rings is 2. The number of halogens is 2. The fourth-order valence-corrected chi connectivity index (χ4v) is 3.82. The molecule has 1 aromatic heterocycles. The molecule has 1 fully saturated rings. The highest BCUT2D eigenvalue weighted by molar-refractivity contribution is 6.35. The lowest BCUT2D eigenvalue weighted by atomic mass is 10.0. The maximum atomic E-state index is 6.10. The van der Waals surface area contributed by atoms with Crippen LogP contribution in [0.25, 0.3) is 11.1 Å². The van der Waals surface area contributed by atoms with Gasteiger partial charge in [0.05, 0.1) is 0 Å². The van der Waals surface area contributed by atoms with E-state index in [0.717, 1.165) is 48.6 Å². The fourth-order valence-electron chi connectivity index (χ4n) is 3.30. The van der Waals surface area contributed by atoms with Gasteiger partial charge in [-0.1, -0.05) is 53.5 Å². The molecule has 0 amide bonds. The Hall–Kier alpha value is -2.34. The van der Waals surface area contributed by atoms with Gasteiger partial charge in [-0.3, -0.25) is 0 Å². The van der Waals surface area contributed by atoms with Gasteiger partial charge in [0.2, 0.25) is 5.95 Å². The quantitative estimate of drug-likeness (QED) is 0.525. The van der Waals surface area contributed by atoms with E-state index in [4.69, 9.17) is 28.2 Å². The molecular weight excluding hydrogens is 393 g/mol. The van der Waals surface area contributed by atoms with Crippen LogP contribution in [0, 0.1) is 0 Å². The minimum absolute atomic E-state index is 0.382. The molecule has 0 bridgehead atoms. The van der Waals surface area contributed by atoms with Crippen molar-refractivity contribution in [2.24, 2.45) is 0 Å². The Balaban J connectivity index is 1.65. The predicted octanol–water partition coefficient (Wildman–Crippen LogP) is 5.36. The molecule has 0 unspecified atom stereocenters. The Labute approximate surface area is 174 Å². The van der Waals surface area contributed by atoms with E-state index in [-0.39, 0.29) is 0 Å². The molecule has 2 aromatic carbocycles. The molecule has 2 heterocycles. The van der Waals surface area contributed by atoms with Crippen LogP contribution >= 0.6 is 23.2 Å². The van der Waals surface area contributed by atoms with E-state index in [0.29, 0.717) is 22.0 Å². The van der Waals surface area contributed by atoms with Gasteiger partial charge in [-0.05, 0) is 49.7 Å². The lowest BCUT2D eigenvalue weighted by molar-refractivity contribution is 0.478. The van der Waals surface area contributed by atoms with Gasteiger partial charge in [-0.15, -0.1) is 0 Å². The number of hydrogen-bond acceptors (Lipinski definition) is 5. The van der Waals surface area contributed by atoms with Crippen LogP contribution in [0.3, 0.4) is 0 Å². The van der Waals surface area contributed by atoms with E-state index in [9.17, 15) is 0 Å². The van der Waals surface area contributed by atoms with E-state index in [1.54, 1.807) is 18.2 Å². The first-order valence-electron chi connectivity index (χ1n) is 9.30. The van der Waals surface area contributed by atoms with Crippen LogP contribution in [0.4, 0.5) is 17.5 Å². The zero-order valence-corrected chi connectivity index (χ0v) is 16.8. The van der Waals surface area contributed by atoms with Gasteiger partial charge in [0.1, 0.15) is 5.82 Å². The molecule has 1 aliphatic heterocycles. The fraction of sp³-hybridized carbons (Fsp3) is 0.238. The van der Waals surface area contributed by atoms with Crippen LogP contribution < -0.4 is 16.0 Å². The van der Waals surface area contributed by atoms with Gasteiger partial charge in [0, 0.05) is 33.5 Å². The summed E-state index contributed by atoms with van der Waals surface area (Å²) in [5.74, 6) is 1.32. The number of nitrogens with zero attached hydrogens (tertiary/aromatic N) is 2. The molecule has 0 atom stereocenters. The van der Waals surface area contributed by atoms with E-state index < -0.39 is 0 Å². The summed E-state index contributed by atoms with van der Waals surface area (Å²) in [6, 6.07) is 15.8. The summed E-state index contributed by atoms with van der Waals surface area (Å²) in [4.78, 5) is 9.26. The van der Waals surface area contributed by atoms with E-state index in [2.05, 4.69) is 33.1 Å². The van der Waals surface area contributed by atoms with Gasteiger partial charge >= 0.3 is 0 Å². The summed E-state index contributed by atoms with van der Waals surface area (Å²) in [7, 11) is 0. The molecule has 28 heavy (non-hydrogen) atoms. The Morgan fingerprint density at radius 1 is 0.964 bits per heavy atom. The van der Waals surface area contributed by atoms with Crippen molar-refractivity contribution in [1.82, 2.24) is 15.3 Å². The monoisotopic (exact) mass is 413 g/mol. The first-order chi connectivity index (χ1) is 13.7. The Kier molecular flexibility index (Phi) is 5.95. The Morgan fingerprint density at radius 2 is 1.68 bits per heavy atom. The highest BCUT2D eigenvalue weighted by Gasteiger charge is 2.17. The van der Waals surface area contributed by atoms with Crippen molar-refractivity contribution in [3.05, 3.63) is 64.8 Å². The number of hydrogen-bond donors (Lipinski definition) is 3. The third kappa shape index (κ3) is 4.73. The molecule has 3 N–H and O–H groups in total. The highest BCUT2D eigenvalue weighted by atomic mass is 35.5. The van der Waals surface area contributed by atoms with Gasteiger partial charge in [0.25, 0.3) is 0 Å². The van der Waals surface area contributed by atoms with E-state index in [1.165, 1.54) is 0 Å². The lowest BCUT2D eigenvalue weighted by Crippen LogP contribution is -2.35. The van der Waals surface area contributed by atoms with Crippen LogP contribution in [0.15, 0.2) is 54.7 Å². The van der Waals surface area contributed by atoms with Gasteiger partial charge in [-0.2, -0.15) is 4.98 Å². The van der Waals surface area contributed by atoms with E-state index >= 15 is 0 Å². The zero-order chi connectivity index (χ0) is 19.3. The van der Waals surface area contributed by atoms with Crippen molar-refractivity contribution in [2.75, 3.05) is 23.7 Å². The summed E-state index contributed by atoms with van der Waals surface area (Å²) < 4.78 is 0. The number of piperidine rings is 1. The molecule has 1 aliphatic rings. The number of anilines is 3. The van der Waals surface area contributed by atoms with Gasteiger partial charge in [0.15, 0.2) is 0 Å². The summed E-state index contributed by atoms with van der Waals surface area (Å²) >= 11 is 12.2. The van der Waals surface area contributed by atoms with Crippen LogP contribution in [0.2, 0.25) is 10.0 Å². The number of rotatable bonds is 5. The van der Waals surface area contributed by atoms with Gasteiger partial charge < -0.3 is 16.0 Å². The normalized spacial score (nSPS) is 14.6. The third-order valence-electron chi connectivity index (χ3n) is 4.67. The van der Waals surface area contributed by atoms with Gasteiger partial charge in [-0.25, -0.2) is 4.98 Å². The Morgan fingerprint density at radius 3 is 2.39 bits per heavy atom. The van der Waals surface area contributed by atoms with Crippen LogP contribution in [0.1, 0.15) is 12.8 Å². The smallest absolute Gasteiger partial charge is 0.229 e. The molecule has 1 saturated heterocycles. The van der Waals surface area contributed by atoms with Crippen LogP contribution in [-0.2, 0) is 0 Å². The van der Waals surface area contributed by atoms with Crippen molar-refractivity contribution in [1.29, 1.82) is 0 Å². The molecule has 0 aliphatic carbocycles. The average Bonchev–Trinajstić information content (AvgIpc) is 2.69. The number of nitrogens with one attached hydrogen (secondary N) is 3. The molecule has 0 spiro atoms. The third-order valence-corrected chi connectivity index (χ3v) is 5.11. The second kappa shape index (κ2) is 8.78. The summed E-state index contributed by atoms with van der Waals surface area (Å²) in [5, 5.41) is 11.3. The van der Waals surface area contributed by atoms with Crippen LogP contribution in [0.5, 0.6) is 0 Å². The average molecular weight is 414 g/mol. The zero-order valence-electron chi connectivity index (χ0n) is 15.3. The first kappa shape index (κ1) is 19.0. The lowest BCUT2D eigenvalue weighted by Gasteiger charge is -2.25. The molecule has 144 valence electrons. The topological polar surface area (TPSA) is 61.9 Å². The van der Waals surface area contributed by atoms with Crippen molar-refractivity contribution < 1.29 is 0 Å². The molecule has 3 aromatic rings. The minimum atomic E-state index is 0.382. The minimum Gasteiger partial charge on any atom is -0.367 e. The molecule has 0 saturated carbocycles. The molecule has 4 rings (SSSR count).